The number of carbonyl (C=O) groups excluding carboxylic acids is 1. The van der Waals surface area contributed by atoms with E-state index < -0.39 is 20.8 Å². The second-order valence-corrected chi connectivity index (χ2v) is 7.04. The molecular formula is C18H16N2Na2O6S. The summed E-state index contributed by atoms with van der Waals surface area (Å²) in [5, 5.41) is 19.3. The molecule has 0 saturated heterocycles. The first-order chi connectivity index (χ1) is 12.8. The van der Waals surface area contributed by atoms with Crippen molar-refractivity contribution in [3.63, 3.8) is 0 Å². The van der Waals surface area contributed by atoms with Gasteiger partial charge < -0.3 is 9.84 Å². The Balaban J connectivity index is 0.00000210. The van der Waals surface area contributed by atoms with E-state index in [-0.39, 0.29) is 82.7 Å². The molecule has 0 fully saturated rings. The Morgan fingerprint density at radius 1 is 1.03 bits per heavy atom. The van der Waals surface area contributed by atoms with Gasteiger partial charge in [-0.15, -0.1) is 10.2 Å². The van der Waals surface area contributed by atoms with Gasteiger partial charge in [0.15, 0.2) is 11.5 Å². The summed E-state index contributed by atoms with van der Waals surface area (Å²) in [6, 6.07) is 12.6. The average molecular weight is 434 g/mol. The van der Waals surface area contributed by atoms with Gasteiger partial charge >= 0.3 is 59.1 Å². The van der Waals surface area contributed by atoms with Crippen LogP contribution in [0.3, 0.4) is 0 Å². The Kier molecular flexibility index (Phi) is 9.45. The van der Waals surface area contributed by atoms with Crippen LogP contribution in [0.15, 0.2) is 63.7 Å². The molecule has 142 valence electrons. The molecule has 0 atom stereocenters. The molecule has 0 spiro atoms. The Morgan fingerprint density at radius 3 is 2.38 bits per heavy atom. The van der Waals surface area contributed by atoms with E-state index in [2.05, 4.69) is 10.2 Å². The Morgan fingerprint density at radius 2 is 1.72 bits per heavy atom. The predicted molar refractivity (Wildman–Crippen MR) is 112 cm³/mol. The minimum absolute atomic E-state index is 0. The van der Waals surface area contributed by atoms with Crippen LogP contribution < -0.4 is 4.74 Å². The van der Waals surface area contributed by atoms with Gasteiger partial charge in [0, 0.05) is 5.39 Å². The number of hydrogen-bond donors (Lipinski definition) is 2. The first-order valence-electron chi connectivity index (χ1n) is 7.66. The number of carbonyl (C=O) groups is 1. The summed E-state index contributed by atoms with van der Waals surface area (Å²) >= 11 is 0. The van der Waals surface area contributed by atoms with Gasteiger partial charge in [-0.1, -0.05) is 30.3 Å². The van der Waals surface area contributed by atoms with Gasteiger partial charge in [0.2, 0.25) is 0 Å². The molecule has 29 heavy (non-hydrogen) atoms. The van der Waals surface area contributed by atoms with Crippen molar-refractivity contribution < 1.29 is 27.6 Å². The van der Waals surface area contributed by atoms with Gasteiger partial charge in [0.25, 0.3) is 16.6 Å². The molecule has 0 heterocycles. The fraction of sp³-hybridized carbons (Fsp3) is 0.0556. The molecule has 3 aromatic rings. The van der Waals surface area contributed by atoms with E-state index >= 15 is 0 Å². The summed E-state index contributed by atoms with van der Waals surface area (Å²) in [5.41, 5.74) is 0.497. The number of benzene rings is 3. The van der Waals surface area contributed by atoms with Gasteiger partial charge in [0.05, 0.1) is 0 Å². The molecule has 0 aliphatic carbocycles. The van der Waals surface area contributed by atoms with Gasteiger partial charge in [-0.05, 0) is 36.1 Å². The van der Waals surface area contributed by atoms with Crippen molar-refractivity contribution >= 4 is 97.9 Å². The van der Waals surface area contributed by atoms with Gasteiger partial charge in [-0.25, -0.2) is 0 Å². The number of phenols is 1. The van der Waals surface area contributed by atoms with E-state index in [0.29, 0.717) is 16.3 Å². The number of rotatable bonds is 5. The summed E-state index contributed by atoms with van der Waals surface area (Å²) in [6.07, 6.45) is 0. The Hall–Kier alpha value is -1.30. The summed E-state index contributed by atoms with van der Waals surface area (Å²) in [4.78, 5) is 10.3. The fourth-order valence-corrected chi connectivity index (χ4v) is 3.26. The van der Waals surface area contributed by atoms with Gasteiger partial charge in [-0.3, -0.25) is 9.35 Å². The molecule has 0 aromatic heterocycles. The number of phenolic OH excluding ortho intramolecular Hbond substituents is 1. The Bertz CT molecular complexity index is 1180. The number of fused-ring (bicyclic) bond motifs is 1. The topological polar surface area (TPSA) is 126 Å². The second kappa shape index (κ2) is 10.6. The third kappa shape index (κ3) is 5.87. The number of ether oxygens (including phenoxy) is 1. The van der Waals surface area contributed by atoms with Crippen LogP contribution in [0, 0.1) is 6.92 Å². The van der Waals surface area contributed by atoms with Gasteiger partial charge in [0.1, 0.15) is 16.3 Å². The van der Waals surface area contributed by atoms with E-state index in [0.717, 1.165) is 0 Å². The van der Waals surface area contributed by atoms with Crippen LogP contribution in [-0.2, 0) is 14.9 Å². The zero-order valence-electron chi connectivity index (χ0n) is 14.0. The first-order valence-corrected chi connectivity index (χ1v) is 9.10. The third-order valence-corrected chi connectivity index (χ3v) is 4.67. The molecule has 0 unspecified atom stereocenters. The van der Waals surface area contributed by atoms with Crippen LogP contribution in [0.1, 0.15) is 5.56 Å². The molecule has 8 nitrogen and oxygen atoms in total. The third-order valence-electron chi connectivity index (χ3n) is 3.79. The van der Waals surface area contributed by atoms with Crippen LogP contribution in [0.5, 0.6) is 11.5 Å². The molecule has 0 saturated carbocycles. The summed E-state index contributed by atoms with van der Waals surface area (Å²) in [7, 11) is -4.52. The summed E-state index contributed by atoms with van der Waals surface area (Å²) < 4.78 is 37.3. The number of azo groups is 1. The molecule has 11 heteroatoms. The van der Waals surface area contributed by atoms with E-state index in [4.69, 9.17) is 4.74 Å². The molecule has 3 rings (SSSR count). The second-order valence-electron chi connectivity index (χ2n) is 5.65. The maximum absolute atomic E-state index is 11.6. The number of nitrogens with zero attached hydrogens (tertiary/aromatic N) is 2. The van der Waals surface area contributed by atoms with Crippen LogP contribution in [0.25, 0.3) is 10.8 Å². The van der Waals surface area contributed by atoms with Crippen LogP contribution in [0.2, 0.25) is 0 Å². The van der Waals surface area contributed by atoms with Crippen LogP contribution >= 0.6 is 0 Å². The molecule has 2 N–H and O–H groups in total. The molecule has 0 radical (unpaired) electrons. The SMILES string of the molecule is Cc1ccc(N=Nc2c(O)c(OC=O)cc3ccccc23)c(S(=O)(=O)O)c1.[NaH].[NaH]. The zero-order chi connectivity index (χ0) is 19.6. The fourth-order valence-electron chi connectivity index (χ4n) is 2.55. The van der Waals surface area contributed by atoms with Gasteiger partial charge in [-0.2, -0.15) is 8.42 Å². The quantitative estimate of drug-likeness (QED) is 0.275. The molecule has 3 aromatic carbocycles. The number of aromatic hydroxyl groups is 1. The van der Waals surface area contributed by atoms with E-state index in [1.807, 2.05) is 0 Å². The van der Waals surface area contributed by atoms with Crippen molar-refractivity contribution in [3.05, 3.63) is 54.1 Å². The Labute approximate surface area is 211 Å². The van der Waals surface area contributed by atoms with Crippen LogP contribution in [0.4, 0.5) is 11.4 Å². The molecular weight excluding hydrogens is 418 g/mol. The molecule has 0 amide bonds. The van der Waals surface area contributed by atoms with Crippen molar-refractivity contribution in [3.8, 4) is 11.5 Å². The number of hydrogen-bond acceptors (Lipinski definition) is 7. The van der Waals surface area contributed by atoms with E-state index in [9.17, 15) is 22.9 Å². The van der Waals surface area contributed by atoms with Crippen molar-refractivity contribution in [2.45, 2.75) is 11.8 Å². The molecule has 0 aliphatic rings. The zero-order valence-corrected chi connectivity index (χ0v) is 14.8. The van der Waals surface area contributed by atoms with Crippen molar-refractivity contribution in [1.82, 2.24) is 0 Å². The molecule has 0 bridgehead atoms. The van der Waals surface area contributed by atoms with E-state index in [1.165, 1.54) is 18.2 Å². The first kappa shape index (κ1) is 25.7. The van der Waals surface area contributed by atoms with Crippen LogP contribution in [-0.4, -0.2) is 83.7 Å². The molecule has 0 aliphatic heterocycles. The average Bonchev–Trinajstić information content (AvgIpc) is 2.62. The van der Waals surface area contributed by atoms with Crippen molar-refractivity contribution in [1.29, 1.82) is 0 Å². The van der Waals surface area contributed by atoms with Crippen molar-refractivity contribution in [2.75, 3.05) is 0 Å². The summed E-state index contributed by atoms with van der Waals surface area (Å²) in [6.45, 7) is 1.83. The number of aryl methyl sites for hydroxylation is 1. The standard InChI is InChI=1S/C18H14N2O6S.2Na.2H/c1-11-6-7-14(16(8-11)27(23,24)25)19-20-17-13-5-3-2-4-12(13)9-15(18(17)22)26-10-21;;;;/h2-10,22H,1H3,(H,23,24,25);;;;. The monoisotopic (exact) mass is 434 g/mol. The van der Waals surface area contributed by atoms with E-state index in [1.54, 1.807) is 37.3 Å². The predicted octanol–water partition coefficient (Wildman–Crippen LogP) is 2.75. The summed E-state index contributed by atoms with van der Waals surface area (Å²) in [5.74, 6) is -0.540. The minimum atomic E-state index is -4.52. The maximum atomic E-state index is 11.6. The normalized spacial score (nSPS) is 11.0. The van der Waals surface area contributed by atoms with Crippen molar-refractivity contribution in [2.24, 2.45) is 10.2 Å².